The van der Waals surface area contributed by atoms with Crippen LogP contribution in [0, 0.1) is 5.82 Å². The van der Waals surface area contributed by atoms with E-state index < -0.39 is 0 Å². The van der Waals surface area contributed by atoms with Crippen LogP contribution in [0.3, 0.4) is 0 Å². The molecular formula is C15H18FNO. The summed E-state index contributed by atoms with van der Waals surface area (Å²) in [4.78, 5) is 13.7. The second kappa shape index (κ2) is 5.80. The van der Waals surface area contributed by atoms with Crippen LogP contribution in [0.15, 0.2) is 30.3 Å². The second-order valence-corrected chi connectivity index (χ2v) is 4.59. The Bertz CT molecular complexity index is 467. The largest absolute Gasteiger partial charge is 0.335 e. The first-order chi connectivity index (χ1) is 8.72. The van der Waals surface area contributed by atoms with Gasteiger partial charge in [-0.15, -0.1) is 0 Å². The lowest BCUT2D eigenvalue weighted by molar-refractivity contribution is -0.129. The first-order valence-electron chi connectivity index (χ1n) is 6.44. The molecule has 0 unspecified atom stereocenters. The number of unbranched alkanes of at least 4 members (excludes halogenated alkanes) is 1. The number of hydrogen-bond donors (Lipinski definition) is 0. The smallest absolute Gasteiger partial charge is 0.223 e. The van der Waals surface area contributed by atoms with Crippen molar-refractivity contribution >= 4 is 11.5 Å². The average molecular weight is 247 g/mol. The molecule has 2 rings (SSSR count). The van der Waals surface area contributed by atoms with Gasteiger partial charge in [0.15, 0.2) is 0 Å². The predicted octanol–water partition coefficient (Wildman–Crippen LogP) is 3.24. The molecular weight excluding hydrogens is 229 g/mol. The summed E-state index contributed by atoms with van der Waals surface area (Å²) in [6, 6.07) is 6.72. The van der Waals surface area contributed by atoms with E-state index in [1.807, 2.05) is 12.1 Å². The molecule has 1 heterocycles. The highest BCUT2D eigenvalue weighted by Gasteiger charge is 2.21. The molecule has 0 saturated heterocycles. The second-order valence-electron chi connectivity index (χ2n) is 4.59. The van der Waals surface area contributed by atoms with Gasteiger partial charge in [0.2, 0.25) is 5.91 Å². The van der Waals surface area contributed by atoms with Crippen LogP contribution in [0.1, 0.15) is 31.7 Å². The lowest BCUT2D eigenvalue weighted by Crippen LogP contribution is -2.28. The number of halogens is 1. The predicted molar refractivity (Wildman–Crippen MR) is 70.5 cm³/mol. The number of rotatable bonds is 4. The van der Waals surface area contributed by atoms with Crippen LogP contribution in [-0.2, 0) is 4.79 Å². The standard InChI is InChI=1S/C15H18FNO/c1-2-3-8-15(18)17-10-9-12(11-17)13-6-4-5-7-14(13)16/h4-7,9H,2-3,8,10-11H2,1H3. The zero-order chi connectivity index (χ0) is 13.0. The van der Waals surface area contributed by atoms with Gasteiger partial charge in [0.05, 0.1) is 0 Å². The third-order valence-electron chi connectivity index (χ3n) is 3.24. The highest BCUT2D eigenvalue weighted by atomic mass is 19.1. The van der Waals surface area contributed by atoms with Crippen LogP contribution in [0.5, 0.6) is 0 Å². The van der Waals surface area contributed by atoms with Crippen LogP contribution >= 0.6 is 0 Å². The van der Waals surface area contributed by atoms with Crippen molar-refractivity contribution < 1.29 is 9.18 Å². The number of amides is 1. The van der Waals surface area contributed by atoms with E-state index in [0.29, 0.717) is 25.1 Å². The number of carbonyl (C=O) groups is 1. The molecule has 0 atom stereocenters. The fourth-order valence-corrected chi connectivity index (χ4v) is 2.15. The minimum Gasteiger partial charge on any atom is -0.335 e. The summed E-state index contributed by atoms with van der Waals surface area (Å²) >= 11 is 0. The van der Waals surface area contributed by atoms with Crippen LogP contribution < -0.4 is 0 Å². The Morgan fingerprint density at radius 2 is 2.17 bits per heavy atom. The van der Waals surface area contributed by atoms with Gasteiger partial charge in [0, 0.05) is 25.1 Å². The van der Waals surface area contributed by atoms with Crippen LogP contribution in [0.2, 0.25) is 0 Å². The summed E-state index contributed by atoms with van der Waals surface area (Å²) < 4.78 is 13.6. The monoisotopic (exact) mass is 247 g/mol. The van der Waals surface area contributed by atoms with Crippen molar-refractivity contribution in [2.24, 2.45) is 0 Å². The van der Waals surface area contributed by atoms with E-state index in [1.165, 1.54) is 6.07 Å². The van der Waals surface area contributed by atoms with Gasteiger partial charge in [-0.05, 0) is 18.1 Å². The Morgan fingerprint density at radius 1 is 1.39 bits per heavy atom. The summed E-state index contributed by atoms with van der Waals surface area (Å²) in [5.41, 5.74) is 1.53. The number of carbonyl (C=O) groups excluding carboxylic acids is 1. The van der Waals surface area contributed by atoms with E-state index in [2.05, 4.69) is 6.92 Å². The van der Waals surface area contributed by atoms with Gasteiger partial charge < -0.3 is 4.90 Å². The fraction of sp³-hybridized carbons (Fsp3) is 0.400. The Balaban J connectivity index is 2.00. The molecule has 1 aliphatic rings. The number of hydrogen-bond acceptors (Lipinski definition) is 1. The minimum absolute atomic E-state index is 0.166. The number of benzene rings is 1. The van der Waals surface area contributed by atoms with Crippen LogP contribution in [-0.4, -0.2) is 23.9 Å². The molecule has 0 saturated carbocycles. The maximum atomic E-state index is 13.6. The molecule has 0 radical (unpaired) electrons. The molecule has 1 aromatic rings. The Morgan fingerprint density at radius 3 is 2.89 bits per heavy atom. The summed E-state index contributed by atoms with van der Waals surface area (Å²) in [6.45, 7) is 3.20. The molecule has 0 spiro atoms. The Labute approximate surface area is 107 Å². The van der Waals surface area contributed by atoms with Gasteiger partial charge >= 0.3 is 0 Å². The van der Waals surface area contributed by atoms with E-state index >= 15 is 0 Å². The molecule has 0 bridgehead atoms. The molecule has 1 aromatic carbocycles. The van der Waals surface area contributed by atoms with Gasteiger partial charge in [-0.3, -0.25) is 4.79 Å². The van der Waals surface area contributed by atoms with Crippen molar-refractivity contribution in [2.45, 2.75) is 26.2 Å². The molecule has 0 aromatic heterocycles. The molecule has 1 aliphatic heterocycles. The highest BCUT2D eigenvalue weighted by Crippen LogP contribution is 2.23. The topological polar surface area (TPSA) is 20.3 Å². The molecule has 1 amide bonds. The normalized spacial score (nSPS) is 14.8. The average Bonchev–Trinajstić information content (AvgIpc) is 2.86. The molecule has 2 nitrogen and oxygen atoms in total. The first kappa shape index (κ1) is 12.8. The number of nitrogens with zero attached hydrogens (tertiary/aromatic N) is 1. The molecule has 18 heavy (non-hydrogen) atoms. The zero-order valence-corrected chi connectivity index (χ0v) is 10.7. The quantitative estimate of drug-likeness (QED) is 0.799. The van der Waals surface area contributed by atoms with E-state index in [0.717, 1.165) is 18.4 Å². The van der Waals surface area contributed by atoms with Gasteiger partial charge in [-0.2, -0.15) is 0 Å². The van der Waals surface area contributed by atoms with Gasteiger partial charge in [-0.25, -0.2) is 4.39 Å². The molecule has 0 fully saturated rings. The maximum absolute atomic E-state index is 13.6. The van der Waals surface area contributed by atoms with Crippen molar-refractivity contribution in [3.05, 3.63) is 41.7 Å². The highest BCUT2D eigenvalue weighted by molar-refractivity contribution is 5.81. The van der Waals surface area contributed by atoms with E-state index in [-0.39, 0.29) is 11.7 Å². The zero-order valence-electron chi connectivity index (χ0n) is 10.7. The summed E-state index contributed by atoms with van der Waals surface area (Å²) in [6.07, 6.45) is 4.48. The van der Waals surface area contributed by atoms with Crippen molar-refractivity contribution in [3.8, 4) is 0 Å². The van der Waals surface area contributed by atoms with Crippen LogP contribution in [0.4, 0.5) is 4.39 Å². The third kappa shape index (κ3) is 2.78. The third-order valence-corrected chi connectivity index (χ3v) is 3.24. The maximum Gasteiger partial charge on any atom is 0.223 e. The lowest BCUT2D eigenvalue weighted by atomic mass is 10.1. The van der Waals surface area contributed by atoms with Crippen molar-refractivity contribution in [3.63, 3.8) is 0 Å². The van der Waals surface area contributed by atoms with Crippen molar-refractivity contribution in [1.29, 1.82) is 0 Å². The van der Waals surface area contributed by atoms with Crippen LogP contribution in [0.25, 0.3) is 5.57 Å². The molecule has 3 heteroatoms. The molecule has 0 aliphatic carbocycles. The Kier molecular flexibility index (Phi) is 4.13. The Hall–Kier alpha value is -1.64. The van der Waals surface area contributed by atoms with Crippen molar-refractivity contribution in [2.75, 3.05) is 13.1 Å². The van der Waals surface area contributed by atoms with E-state index in [1.54, 1.807) is 17.0 Å². The molecule has 0 N–H and O–H groups in total. The van der Waals surface area contributed by atoms with Crippen molar-refractivity contribution in [1.82, 2.24) is 4.90 Å². The first-order valence-corrected chi connectivity index (χ1v) is 6.44. The SMILES string of the molecule is CCCCC(=O)N1CC=C(c2ccccc2F)C1. The summed E-state index contributed by atoms with van der Waals surface area (Å²) in [5.74, 6) is -0.0500. The lowest BCUT2D eigenvalue weighted by Gasteiger charge is -2.16. The molecule has 96 valence electrons. The summed E-state index contributed by atoms with van der Waals surface area (Å²) in [5, 5.41) is 0. The van der Waals surface area contributed by atoms with Gasteiger partial charge in [0.25, 0.3) is 0 Å². The van der Waals surface area contributed by atoms with E-state index in [4.69, 9.17) is 0 Å². The minimum atomic E-state index is -0.216. The van der Waals surface area contributed by atoms with Gasteiger partial charge in [0.1, 0.15) is 5.82 Å². The van der Waals surface area contributed by atoms with E-state index in [9.17, 15) is 9.18 Å². The van der Waals surface area contributed by atoms with Gasteiger partial charge in [-0.1, -0.05) is 37.6 Å². The fourth-order valence-electron chi connectivity index (χ4n) is 2.15. The summed E-state index contributed by atoms with van der Waals surface area (Å²) in [7, 11) is 0.